The van der Waals surface area contributed by atoms with Gasteiger partial charge in [-0.3, -0.25) is 4.79 Å². The maximum Gasteiger partial charge on any atom is 0.222 e. The van der Waals surface area contributed by atoms with Gasteiger partial charge in [-0.2, -0.15) is 0 Å². The fourth-order valence-electron chi connectivity index (χ4n) is 2.11. The van der Waals surface area contributed by atoms with Crippen LogP contribution in [-0.4, -0.2) is 29.8 Å². The number of amides is 1. The Kier molecular flexibility index (Phi) is 5.30. The van der Waals surface area contributed by atoms with Crippen molar-refractivity contribution in [3.63, 3.8) is 0 Å². The second kappa shape index (κ2) is 6.08. The minimum atomic E-state index is 0.206. The van der Waals surface area contributed by atoms with Crippen LogP contribution in [0.1, 0.15) is 47.0 Å². The van der Waals surface area contributed by atoms with Crippen LogP contribution < -0.4 is 0 Å². The lowest BCUT2D eigenvalue weighted by Gasteiger charge is -2.34. The van der Waals surface area contributed by atoms with Crippen LogP contribution >= 0.6 is 11.6 Å². The zero-order chi connectivity index (χ0) is 13.1. The molecule has 0 aliphatic carbocycles. The van der Waals surface area contributed by atoms with Crippen molar-refractivity contribution in [3.05, 3.63) is 0 Å². The Morgan fingerprint density at radius 3 is 2.65 bits per heavy atom. The molecule has 1 heterocycles. The summed E-state index contributed by atoms with van der Waals surface area (Å²) in [5.41, 5.74) is 0.206. The predicted molar refractivity (Wildman–Crippen MR) is 73.3 cm³/mol. The van der Waals surface area contributed by atoms with E-state index in [1.807, 2.05) is 4.90 Å². The van der Waals surface area contributed by atoms with Crippen molar-refractivity contribution >= 4 is 17.5 Å². The number of rotatable bonds is 3. The van der Waals surface area contributed by atoms with Crippen LogP contribution in [-0.2, 0) is 4.79 Å². The van der Waals surface area contributed by atoms with Crippen molar-refractivity contribution in [1.82, 2.24) is 4.90 Å². The van der Waals surface area contributed by atoms with Crippen molar-refractivity contribution in [2.24, 2.45) is 17.3 Å². The molecular formula is C14H26ClNO. The van der Waals surface area contributed by atoms with Crippen molar-refractivity contribution in [1.29, 1.82) is 0 Å². The van der Waals surface area contributed by atoms with Gasteiger partial charge in [-0.1, -0.05) is 27.7 Å². The molecule has 100 valence electrons. The van der Waals surface area contributed by atoms with E-state index in [1.54, 1.807) is 0 Å². The molecule has 0 N–H and O–H groups in total. The molecule has 0 aromatic heterocycles. The molecule has 17 heavy (non-hydrogen) atoms. The van der Waals surface area contributed by atoms with Gasteiger partial charge >= 0.3 is 0 Å². The smallest absolute Gasteiger partial charge is 0.222 e. The molecule has 1 amide bonds. The highest BCUT2D eigenvalue weighted by molar-refractivity contribution is 6.18. The SMILES string of the molecule is CC(CC(=O)N1CCCC(CCl)C1)C(C)(C)C. The molecule has 1 aliphatic heterocycles. The number of likely N-dealkylation sites (tertiary alicyclic amines) is 1. The lowest BCUT2D eigenvalue weighted by atomic mass is 9.80. The highest BCUT2D eigenvalue weighted by Crippen LogP contribution is 2.29. The Balaban J connectivity index is 2.47. The monoisotopic (exact) mass is 259 g/mol. The summed E-state index contributed by atoms with van der Waals surface area (Å²) in [7, 11) is 0. The van der Waals surface area contributed by atoms with E-state index in [-0.39, 0.29) is 5.41 Å². The van der Waals surface area contributed by atoms with Crippen LogP contribution in [0.25, 0.3) is 0 Å². The molecule has 0 saturated carbocycles. The zero-order valence-corrected chi connectivity index (χ0v) is 12.4. The Morgan fingerprint density at radius 2 is 2.12 bits per heavy atom. The summed E-state index contributed by atoms with van der Waals surface area (Å²) in [6, 6.07) is 0. The van der Waals surface area contributed by atoms with Gasteiger partial charge in [0.15, 0.2) is 0 Å². The molecule has 1 rings (SSSR count). The maximum atomic E-state index is 12.2. The molecule has 2 nitrogen and oxygen atoms in total. The largest absolute Gasteiger partial charge is 0.342 e. The number of alkyl halides is 1. The molecule has 0 aromatic carbocycles. The zero-order valence-electron chi connectivity index (χ0n) is 11.6. The summed E-state index contributed by atoms with van der Waals surface area (Å²) < 4.78 is 0. The lowest BCUT2D eigenvalue weighted by molar-refractivity contribution is -0.134. The predicted octanol–water partition coefficient (Wildman–Crippen LogP) is 3.54. The number of nitrogens with zero attached hydrogens (tertiary/aromatic N) is 1. The highest BCUT2D eigenvalue weighted by Gasteiger charge is 2.27. The van der Waals surface area contributed by atoms with Crippen molar-refractivity contribution in [3.8, 4) is 0 Å². The summed E-state index contributed by atoms with van der Waals surface area (Å²) in [4.78, 5) is 14.2. The van der Waals surface area contributed by atoms with Crippen molar-refractivity contribution in [2.45, 2.75) is 47.0 Å². The van der Waals surface area contributed by atoms with E-state index in [0.717, 1.165) is 19.5 Å². The molecule has 1 saturated heterocycles. The standard InChI is InChI=1S/C14H26ClNO/c1-11(14(2,3)4)8-13(17)16-7-5-6-12(9-15)10-16/h11-12H,5-10H2,1-4H3. The quantitative estimate of drug-likeness (QED) is 0.710. The van der Waals surface area contributed by atoms with Crippen LogP contribution in [0.15, 0.2) is 0 Å². The second-order valence-corrected chi connectivity index (χ2v) is 6.78. The lowest BCUT2D eigenvalue weighted by Crippen LogP contribution is -2.41. The van der Waals surface area contributed by atoms with Gasteiger partial charge in [0.25, 0.3) is 0 Å². The van der Waals surface area contributed by atoms with Crippen LogP contribution in [0, 0.1) is 17.3 Å². The Labute approximate surface area is 111 Å². The molecule has 0 bridgehead atoms. The molecule has 0 radical (unpaired) electrons. The van der Waals surface area contributed by atoms with Gasteiger partial charge in [0.1, 0.15) is 0 Å². The topological polar surface area (TPSA) is 20.3 Å². The van der Waals surface area contributed by atoms with E-state index in [2.05, 4.69) is 27.7 Å². The first-order valence-electron chi connectivity index (χ1n) is 6.68. The van der Waals surface area contributed by atoms with Gasteiger partial charge < -0.3 is 4.90 Å². The maximum absolute atomic E-state index is 12.2. The Hall–Kier alpha value is -0.240. The first kappa shape index (κ1) is 14.8. The third-order valence-electron chi connectivity index (χ3n) is 4.05. The summed E-state index contributed by atoms with van der Waals surface area (Å²) in [5.74, 6) is 1.91. The second-order valence-electron chi connectivity index (χ2n) is 6.47. The molecule has 0 spiro atoms. The molecule has 0 aromatic rings. The number of piperidine rings is 1. The van der Waals surface area contributed by atoms with Crippen LogP contribution in [0.4, 0.5) is 0 Å². The molecule has 2 unspecified atom stereocenters. The fourth-order valence-corrected chi connectivity index (χ4v) is 2.37. The van der Waals surface area contributed by atoms with E-state index in [0.29, 0.717) is 30.0 Å². The van der Waals surface area contributed by atoms with Gasteiger partial charge in [-0.15, -0.1) is 11.6 Å². The van der Waals surface area contributed by atoms with Crippen molar-refractivity contribution in [2.75, 3.05) is 19.0 Å². The van der Waals surface area contributed by atoms with Gasteiger partial charge in [0.05, 0.1) is 0 Å². The summed E-state index contributed by atoms with van der Waals surface area (Å²) >= 11 is 5.89. The van der Waals surface area contributed by atoms with E-state index in [9.17, 15) is 4.79 Å². The first-order chi connectivity index (χ1) is 7.84. The average molecular weight is 260 g/mol. The minimum absolute atomic E-state index is 0.206. The molecular weight excluding hydrogens is 234 g/mol. The first-order valence-corrected chi connectivity index (χ1v) is 7.21. The third-order valence-corrected chi connectivity index (χ3v) is 4.49. The summed E-state index contributed by atoms with van der Waals surface area (Å²) in [6.45, 7) is 10.5. The van der Waals surface area contributed by atoms with E-state index in [4.69, 9.17) is 11.6 Å². The number of halogens is 1. The molecule has 2 atom stereocenters. The normalized spacial score (nSPS) is 23.6. The number of hydrogen-bond donors (Lipinski definition) is 0. The van der Waals surface area contributed by atoms with Gasteiger partial charge in [0, 0.05) is 25.4 Å². The van der Waals surface area contributed by atoms with E-state index < -0.39 is 0 Å². The molecule has 3 heteroatoms. The van der Waals surface area contributed by atoms with Crippen LogP contribution in [0.2, 0.25) is 0 Å². The van der Waals surface area contributed by atoms with Crippen molar-refractivity contribution < 1.29 is 4.79 Å². The summed E-state index contributed by atoms with van der Waals surface area (Å²) in [6.07, 6.45) is 2.94. The van der Waals surface area contributed by atoms with Gasteiger partial charge in [0.2, 0.25) is 5.91 Å². The fraction of sp³-hybridized carbons (Fsp3) is 0.929. The molecule has 1 fully saturated rings. The van der Waals surface area contributed by atoms with E-state index >= 15 is 0 Å². The van der Waals surface area contributed by atoms with Gasteiger partial charge in [-0.25, -0.2) is 0 Å². The van der Waals surface area contributed by atoms with Crippen LogP contribution in [0.5, 0.6) is 0 Å². The third kappa shape index (κ3) is 4.50. The van der Waals surface area contributed by atoms with Gasteiger partial charge in [-0.05, 0) is 30.1 Å². The van der Waals surface area contributed by atoms with E-state index in [1.165, 1.54) is 6.42 Å². The highest BCUT2D eigenvalue weighted by atomic mass is 35.5. The summed E-state index contributed by atoms with van der Waals surface area (Å²) in [5, 5.41) is 0. The number of carbonyl (C=O) groups is 1. The van der Waals surface area contributed by atoms with Crippen LogP contribution in [0.3, 0.4) is 0 Å². The Morgan fingerprint density at radius 1 is 1.47 bits per heavy atom. The molecule has 1 aliphatic rings. The number of hydrogen-bond acceptors (Lipinski definition) is 1. The minimum Gasteiger partial charge on any atom is -0.342 e. The average Bonchev–Trinajstić information content (AvgIpc) is 2.27. The Bertz CT molecular complexity index is 259. The number of carbonyl (C=O) groups excluding carboxylic acids is 1.